The highest BCUT2D eigenvalue weighted by atomic mass is 35.5. The SMILES string of the molecule is CSCCC(NC(=O)c1ccc(Cl)cc1Cl)C(=O)NCCc1nnc2n1CCCCC2. The Kier molecular flexibility index (Phi) is 9.04. The van der Waals surface area contributed by atoms with Crippen molar-refractivity contribution in [1.29, 1.82) is 0 Å². The number of hydrogen-bond acceptors (Lipinski definition) is 5. The van der Waals surface area contributed by atoms with Crippen LogP contribution in [0.2, 0.25) is 10.0 Å². The molecule has 1 aliphatic heterocycles. The molecule has 1 atom stereocenters. The number of hydrogen-bond donors (Lipinski definition) is 2. The Hall–Kier alpha value is -1.77. The topological polar surface area (TPSA) is 88.9 Å². The van der Waals surface area contributed by atoms with Gasteiger partial charge in [-0.2, -0.15) is 11.8 Å². The van der Waals surface area contributed by atoms with Gasteiger partial charge >= 0.3 is 0 Å². The molecule has 1 aliphatic rings. The van der Waals surface area contributed by atoms with Gasteiger partial charge in [-0.05, 0) is 49.5 Å². The zero-order valence-corrected chi connectivity index (χ0v) is 19.8. The van der Waals surface area contributed by atoms with Crippen LogP contribution in [0.5, 0.6) is 0 Å². The molecular weight excluding hydrogens is 457 g/mol. The Bertz CT molecular complexity index is 921. The Balaban J connectivity index is 1.58. The van der Waals surface area contributed by atoms with E-state index >= 15 is 0 Å². The van der Waals surface area contributed by atoms with Crippen molar-refractivity contribution in [1.82, 2.24) is 25.4 Å². The summed E-state index contributed by atoms with van der Waals surface area (Å²) in [5, 5.41) is 15.0. The molecule has 0 aliphatic carbocycles. The van der Waals surface area contributed by atoms with Crippen LogP contribution in [-0.4, -0.2) is 51.2 Å². The molecule has 1 aromatic carbocycles. The maximum atomic E-state index is 12.8. The van der Waals surface area contributed by atoms with E-state index < -0.39 is 11.9 Å². The van der Waals surface area contributed by atoms with Gasteiger partial charge in [-0.3, -0.25) is 9.59 Å². The largest absolute Gasteiger partial charge is 0.354 e. The number of halogens is 2. The average molecular weight is 484 g/mol. The van der Waals surface area contributed by atoms with E-state index in [1.54, 1.807) is 23.9 Å². The maximum Gasteiger partial charge on any atom is 0.253 e. The number of carbonyl (C=O) groups excluding carboxylic acids is 2. The van der Waals surface area contributed by atoms with E-state index in [4.69, 9.17) is 23.2 Å². The van der Waals surface area contributed by atoms with Crippen molar-refractivity contribution in [3.05, 3.63) is 45.5 Å². The van der Waals surface area contributed by atoms with Crippen molar-refractivity contribution < 1.29 is 9.59 Å². The average Bonchev–Trinajstić information content (AvgIpc) is 2.96. The molecule has 0 radical (unpaired) electrons. The number of nitrogens with zero attached hydrogens (tertiary/aromatic N) is 3. The van der Waals surface area contributed by atoms with E-state index in [0.29, 0.717) is 30.0 Å². The van der Waals surface area contributed by atoms with Crippen LogP contribution in [0, 0.1) is 0 Å². The Morgan fingerprint density at radius 3 is 2.84 bits per heavy atom. The maximum absolute atomic E-state index is 12.8. The first-order valence-corrected chi connectivity index (χ1v) is 12.6. The number of aromatic nitrogens is 3. The third-order valence-corrected chi connectivity index (χ3v) is 6.43. The highest BCUT2D eigenvalue weighted by molar-refractivity contribution is 7.98. The molecule has 0 fully saturated rings. The number of aryl methyl sites for hydroxylation is 1. The Morgan fingerprint density at radius 2 is 2.06 bits per heavy atom. The second kappa shape index (κ2) is 11.7. The van der Waals surface area contributed by atoms with Crippen LogP contribution >= 0.6 is 35.0 Å². The van der Waals surface area contributed by atoms with Gasteiger partial charge in [0.05, 0.1) is 10.6 Å². The number of carbonyl (C=O) groups is 2. The number of thioether (sulfide) groups is 1. The Morgan fingerprint density at radius 1 is 1.23 bits per heavy atom. The summed E-state index contributed by atoms with van der Waals surface area (Å²) in [5.41, 5.74) is 0.291. The molecule has 0 saturated heterocycles. The molecule has 0 saturated carbocycles. The highest BCUT2D eigenvalue weighted by Gasteiger charge is 2.22. The van der Waals surface area contributed by atoms with Gasteiger partial charge in [0.2, 0.25) is 5.91 Å². The normalized spacial score (nSPS) is 14.4. The van der Waals surface area contributed by atoms with E-state index in [9.17, 15) is 9.59 Å². The van der Waals surface area contributed by atoms with Gasteiger partial charge in [0.1, 0.15) is 17.7 Å². The number of benzene rings is 1. The van der Waals surface area contributed by atoms with Crippen molar-refractivity contribution in [2.75, 3.05) is 18.6 Å². The summed E-state index contributed by atoms with van der Waals surface area (Å²) in [6.07, 6.45) is 7.51. The van der Waals surface area contributed by atoms with E-state index in [1.165, 1.54) is 12.5 Å². The summed E-state index contributed by atoms with van der Waals surface area (Å²) < 4.78 is 2.18. The van der Waals surface area contributed by atoms with Gasteiger partial charge in [0, 0.05) is 31.0 Å². The third-order valence-electron chi connectivity index (χ3n) is 5.24. The van der Waals surface area contributed by atoms with Crippen LogP contribution in [0.1, 0.15) is 47.7 Å². The first-order chi connectivity index (χ1) is 15.0. The summed E-state index contributed by atoms with van der Waals surface area (Å²) in [7, 11) is 0. The number of amides is 2. The molecule has 7 nitrogen and oxygen atoms in total. The quantitative estimate of drug-likeness (QED) is 0.569. The predicted octanol–water partition coefficient (Wildman–Crippen LogP) is 3.52. The molecule has 31 heavy (non-hydrogen) atoms. The van der Waals surface area contributed by atoms with Crippen molar-refractivity contribution in [2.45, 2.75) is 51.1 Å². The number of nitrogens with one attached hydrogen (secondary N) is 2. The van der Waals surface area contributed by atoms with Gasteiger partial charge in [-0.15, -0.1) is 10.2 Å². The van der Waals surface area contributed by atoms with Crippen LogP contribution in [0.3, 0.4) is 0 Å². The predicted molar refractivity (Wildman–Crippen MR) is 125 cm³/mol. The molecule has 2 heterocycles. The molecule has 2 aromatic rings. The second-order valence-electron chi connectivity index (χ2n) is 7.47. The van der Waals surface area contributed by atoms with Gasteiger partial charge in [0.15, 0.2) is 0 Å². The molecule has 0 bridgehead atoms. The molecule has 2 N–H and O–H groups in total. The highest BCUT2D eigenvalue weighted by Crippen LogP contribution is 2.21. The minimum absolute atomic E-state index is 0.219. The first kappa shape index (κ1) is 23.9. The Labute approximate surface area is 196 Å². The van der Waals surface area contributed by atoms with Crippen molar-refractivity contribution in [3.63, 3.8) is 0 Å². The summed E-state index contributed by atoms with van der Waals surface area (Å²) in [6.45, 7) is 1.37. The minimum Gasteiger partial charge on any atom is -0.354 e. The summed E-state index contributed by atoms with van der Waals surface area (Å²) in [6, 6.07) is 4.01. The third kappa shape index (κ3) is 6.60. The molecular formula is C21H27Cl2N5O2S. The number of rotatable bonds is 9. The number of fused-ring (bicyclic) bond motifs is 1. The fourth-order valence-corrected chi connectivity index (χ4v) is 4.53. The second-order valence-corrected chi connectivity index (χ2v) is 9.30. The van der Waals surface area contributed by atoms with Crippen molar-refractivity contribution in [3.8, 4) is 0 Å². The van der Waals surface area contributed by atoms with Crippen LogP contribution in [0.4, 0.5) is 0 Å². The van der Waals surface area contributed by atoms with Gasteiger partial charge < -0.3 is 15.2 Å². The summed E-state index contributed by atoms with van der Waals surface area (Å²) in [4.78, 5) is 25.5. The molecule has 3 rings (SSSR count). The van der Waals surface area contributed by atoms with Crippen LogP contribution in [-0.2, 0) is 24.2 Å². The van der Waals surface area contributed by atoms with E-state index in [2.05, 4.69) is 25.4 Å². The lowest BCUT2D eigenvalue weighted by atomic mass is 10.1. The summed E-state index contributed by atoms with van der Waals surface area (Å²) in [5.74, 6) is 2.05. The van der Waals surface area contributed by atoms with Gasteiger partial charge in [-0.25, -0.2) is 0 Å². The van der Waals surface area contributed by atoms with Gasteiger partial charge in [-0.1, -0.05) is 29.6 Å². The van der Waals surface area contributed by atoms with Crippen molar-refractivity contribution in [2.24, 2.45) is 0 Å². The minimum atomic E-state index is -0.651. The van der Waals surface area contributed by atoms with E-state index in [-0.39, 0.29) is 10.9 Å². The van der Waals surface area contributed by atoms with Crippen LogP contribution < -0.4 is 10.6 Å². The standard InChI is InChI=1S/C21H27Cl2N5O2S/c1-31-12-9-17(25-20(29)15-7-6-14(22)13-16(15)23)21(30)24-10-8-19-27-26-18-5-3-2-4-11-28(18)19/h6-7,13,17H,2-5,8-12H2,1H3,(H,24,30)(H,25,29). The lowest BCUT2D eigenvalue weighted by molar-refractivity contribution is -0.123. The molecule has 2 amide bonds. The molecule has 0 spiro atoms. The van der Waals surface area contributed by atoms with Crippen LogP contribution in [0.25, 0.3) is 0 Å². The lowest BCUT2D eigenvalue weighted by Crippen LogP contribution is -2.47. The fourth-order valence-electron chi connectivity index (χ4n) is 3.57. The summed E-state index contributed by atoms with van der Waals surface area (Å²) >= 11 is 13.7. The molecule has 168 valence electrons. The fraction of sp³-hybridized carbons (Fsp3) is 0.524. The lowest BCUT2D eigenvalue weighted by Gasteiger charge is -2.18. The zero-order chi connectivity index (χ0) is 22.2. The molecule has 1 unspecified atom stereocenters. The monoisotopic (exact) mass is 483 g/mol. The molecule has 1 aromatic heterocycles. The smallest absolute Gasteiger partial charge is 0.253 e. The van der Waals surface area contributed by atoms with E-state index in [1.807, 2.05) is 6.26 Å². The van der Waals surface area contributed by atoms with Gasteiger partial charge in [0.25, 0.3) is 5.91 Å². The van der Waals surface area contributed by atoms with E-state index in [0.717, 1.165) is 43.2 Å². The zero-order valence-electron chi connectivity index (χ0n) is 17.5. The first-order valence-electron chi connectivity index (χ1n) is 10.4. The van der Waals surface area contributed by atoms with Crippen LogP contribution in [0.15, 0.2) is 18.2 Å². The van der Waals surface area contributed by atoms with Crippen molar-refractivity contribution >= 4 is 46.8 Å². The molecule has 10 heteroatoms.